The number of hydrogen-bond acceptors (Lipinski definition) is 5. The molecule has 2 N–H and O–H groups in total. The van der Waals surface area contributed by atoms with Gasteiger partial charge in [-0.25, -0.2) is 4.98 Å². The molecule has 0 unspecified atom stereocenters. The third-order valence-corrected chi connectivity index (χ3v) is 4.94. The number of pyridine rings is 1. The number of esters is 1. The normalized spacial score (nSPS) is 28.5. The number of carbonyl (C=O) groups excluding carboxylic acids is 2. The molecule has 1 saturated heterocycles. The first kappa shape index (κ1) is 16.5. The van der Waals surface area contributed by atoms with Crippen molar-refractivity contribution in [2.75, 3.05) is 25.4 Å². The van der Waals surface area contributed by atoms with E-state index >= 15 is 0 Å². The summed E-state index contributed by atoms with van der Waals surface area (Å²) in [6.45, 7) is 5.35. The first-order valence-electron chi connectivity index (χ1n) is 8.38. The van der Waals surface area contributed by atoms with Gasteiger partial charge in [0.2, 0.25) is 0 Å². The van der Waals surface area contributed by atoms with Crippen molar-refractivity contribution in [3.63, 3.8) is 0 Å². The number of ether oxygens (including phenoxy) is 1. The summed E-state index contributed by atoms with van der Waals surface area (Å²) in [6.07, 6.45) is 4.20. The Morgan fingerprint density at radius 3 is 2.83 bits per heavy atom. The highest BCUT2D eigenvalue weighted by molar-refractivity contribution is 5.93. The average molecular weight is 329 g/mol. The minimum absolute atomic E-state index is 0.0917. The Labute approximate surface area is 141 Å². The maximum Gasteiger partial charge on any atom is 0.309 e. The molecule has 6 heteroatoms. The van der Waals surface area contributed by atoms with Crippen molar-refractivity contribution in [2.24, 2.45) is 23.7 Å². The Hall–Kier alpha value is -2.37. The lowest BCUT2D eigenvalue weighted by Crippen LogP contribution is -2.37. The Morgan fingerprint density at radius 1 is 1.33 bits per heavy atom. The zero-order valence-corrected chi connectivity index (χ0v) is 14.0. The maximum absolute atomic E-state index is 12.7. The van der Waals surface area contributed by atoms with E-state index in [4.69, 9.17) is 10.5 Å². The zero-order valence-electron chi connectivity index (χ0n) is 14.0. The fourth-order valence-electron chi connectivity index (χ4n) is 3.79. The Morgan fingerprint density at radius 2 is 2.12 bits per heavy atom. The Balaban J connectivity index is 1.79. The number of aromatic nitrogens is 1. The fourth-order valence-corrected chi connectivity index (χ4v) is 3.79. The van der Waals surface area contributed by atoms with E-state index in [1.807, 2.05) is 13.8 Å². The van der Waals surface area contributed by atoms with Crippen molar-refractivity contribution >= 4 is 17.7 Å². The lowest BCUT2D eigenvalue weighted by molar-refractivity contribution is -0.152. The third-order valence-electron chi connectivity index (χ3n) is 4.94. The molecule has 128 valence electrons. The van der Waals surface area contributed by atoms with Gasteiger partial charge in [0.25, 0.3) is 5.91 Å². The van der Waals surface area contributed by atoms with Crippen molar-refractivity contribution in [1.29, 1.82) is 0 Å². The molecule has 2 aliphatic rings. The molecule has 24 heavy (non-hydrogen) atoms. The highest BCUT2D eigenvalue weighted by atomic mass is 16.5. The minimum atomic E-state index is -0.202. The minimum Gasteiger partial charge on any atom is -0.466 e. The predicted molar refractivity (Wildman–Crippen MR) is 90.0 cm³/mol. The first-order chi connectivity index (χ1) is 11.5. The van der Waals surface area contributed by atoms with E-state index in [0.29, 0.717) is 31.2 Å². The van der Waals surface area contributed by atoms with Gasteiger partial charge in [-0.3, -0.25) is 9.59 Å². The van der Waals surface area contributed by atoms with Crippen LogP contribution in [0.3, 0.4) is 0 Å². The molecule has 0 spiro atoms. The van der Waals surface area contributed by atoms with E-state index in [-0.39, 0.29) is 35.5 Å². The summed E-state index contributed by atoms with van der Waals surface area (Å²) in [5, 5.41) is 0. The van der Waals surface area contributed by atoms with Gasteiger partial charge in [-0.05, 0) is 36.8 Å². The second kappa shape index (κ2) is 6.63. The second-order valence-electron chi connectivity index (χ2n) is 6.51. The molecule has 4 atom stereocenters. The van der Waals surface area contributed by atoms with Crippen molar-refractivity contribution in [3.05, 3.63) is 36.0 Å². The molecule has 0 bridgehead atoms. The molecule has 0 radical (unpaired) electrons. The van der Waals surface area contributed by atoms with Crippen LogP contribution < -0.4 is 5.73 Å². The zero-order chi connectivity index (χ0) is 17.3. The standard InChI is InChI=1S/C18H23N3O3/c1-3-24-18(23)16-11(2)7-8-12-9-21(10-13(12)16)17(22)14-5-4-6-15(19)20-14/h4-8,11-13,16H,3,9-10H2,1-2H3,(H2,19,20)/t11-,12-,13-,16-/m0/s1. The quantitative estimate of drug-likeness (QED) is 0.674. The maximum atomic E-state index is 12.7. The van der Waals surface area contributed by atoms with Gasteiger partial charge >= 0.3 is 5.97 Å². The van der Waals surface area contributed by atoms with Crippen LogP contribution in [0.15, 0.2) is 30.4 Å². The lowest BCUT2D eigenvalue weighted by Gasteiger charge is -2.31. The highest BCUT2D eigenvalue weighted by Crippen LogP contribution is 2.40. The van der Waals surface area contributed by atoms with Gasteiger partial charge < -0.3 is 15.4 Å². The van der Waals surface area contributed by atoms with Crippen molar-refractivity contribution < 1.29 is 14.3 Å². The molecule has 1 aliphatic heterocycles. The van der Waals surface area contributed by atoms with Crippen LogP contribution in [0.4, 0.5) is 5.82 Å². The molecule has 0 saturated carbocycles. The molecule has 6 nitrogen and oxygen atoms in total. The van der Waals surface area contributed by atoms with E-state index in [1.54, 1.807) is 23.1 Å². The van der Waals surface area contributed by atoms with Crippen LogP contribution in [0.1, 0.15) is 24.3 Å². The van der Waals surface area contributed by atoms with Crippen LogP contribution in [0.25, 0.3) is 0 Å². The number of nitrogen functional groups attached to an aromatic ring is 1. The van der Waals surface area contributed by atoms with Crippen LogP contribution in [0.5, 0.6) is 0 Å². The lowest BCUT2D eigenvalue weighted by atomic mass is 9.72. The summed E-state index contributed by atoms with van der Waals surface area (Å²) >= 11 is 0. The van der Waals surface area contributed by atoms with Gasteiger partial charge in [-0.1, -0.05) is 25.1 Å². The van der Waals surface area contributed by atoms with Gasteiger partial charge in [-0.15, -0.1) is 0 Å². The van der Waals surface area contributed by atoms with Crippen LogP contribution in [-0.2, 0) is 9.53 Å². The summed E-state index contributed by atoms with van der Waals surface area (Å²) < 4.78 is 5.25. The van der Waals surface area contributed by atoms with Gasteiger partial charge in [0.1, 0.15) is 11.5 Å². The highest BCUT2D eigenvalue weighted by Gasteiger charge is 2.46. The predicted octanol–water partition coefficient (Wildman–Crippen LogP) is 1.74. The van der Waals surface area contributed by atoms with Gasteiger partial charge in [0.05, 0.1) is 12.5 Å². The number of rotatable bonds is 3. The van der Waals surface area contributed by atoms with Gasteiger partial charge in [0.15, 0.2) is 0 Å². The second-order valence-corrected chi connectivity index (χ2v) is 6.51. The monoisotopic (exact) mass is 329 g/mol. The largest absolute Gasteiger partial charge is 0.466 e. The molecule has 2 heterocycles. The third kappa shape index (κ3) is 3.00. The average Bonchev–Trinajstić information content (AvgIpc) is 2.98. The molecule has 3 rings (SSSR count). The van der Waals surface area contributed by atoms with E-state index in [9.17, 15) is 9.59 Å². The summed E-state index contributed by atoms with van der Waals surface area (Å²) in [4.78, 5) is 30.9. The van der Waals surface area contributed by atoms with Crippen molar-refractivity contribution in [1.82, 2.24) is 9.88 Å². The number of likely N-dealkylation sites (tertiary alicyclic amines) is 1. The van der Waals surface area contributed by atoms with Crippen LogP contribution in [0.2, 0.25) is 0 Å². The van der Waals surface area contributed by atoms with E-state index in [2.05, 4.69) is 17.1 Å². The smallest absolute Gasteiger partial charge is 0.309 e. The molecule has 0 aromatic carbocycles. The summed E-state index contributed by atoms with van der Waals surface area (Å²) in [5.74, 6) is 0.212. The molecular weight excluding hydrogens is 306 g/mol. The number of anilines is 1. The number of carbonyl (C=O) groups is 2. The number of allylic oxidation sites excluding steroid dienone is 1. The Bertz CT molecular complexity index is 673. The molecular formula is C18H23N3O3. The number of fused-ring (bicyclic) bond motifs is 1. The summed E-state index contributed by atoms with van der Waals surface area (Å²) in [7, 11) is 0. The summed E-state index contributed by atoms with van der Waals surface area (Å²) in [5.41, 5.74) is 6.02. The van der Waals surface area contributed by atoms with Gasteiger partial charge in [-0.2, -0.15) is 0 Å². The molecule has 1 amide bonds. The van der Waals surface area contributed by atoms with E-state index < -0.39 is 0 Å². The van der Waals surface area contributed by atoms with Crippen molar-refractivity contribution in [2.45, 2.75) is 13.8 Å². The fraction of sp³-hybridized carbons (Fsp3) is 0.500. The van der Waals surface area contributed by atoms with E-state index in [0.717, 1.165) is 0 Å². The number of nitrogens with zero attached hydrogens (tertiary/aromatic N) is 2. The SMILES string of the molecule is CCOC(=O)[C@@H]1[C@H]2CN(C(=O)c3cccc(N)n3)C[C@@H]2C=C[C@@H]1C. The van der Waals surface area contributed by atoms with Crippen molar-refractivity contribution in [3.8, 4) is 0 Å². The number of hydrogen-bond donors (Lipinski definition) is 1. The number of nitrogens with two attached hydrogens (primary N) is 1. The van der Waals surface area contributed by atoms with Gasteiger partial charge in [0, 0.05) is 13.1 Å². The molecule has 1 aromatic heterocycles. The topological polar surface area (TPSA) is 85.5 Å². The summed E-state index contributed by atoms with van der Waals surface area (Å²) in [6, 6.07) is 5.05. The molecule has 1 fully saturated rings. The van der Waals surface area contributed by atoms with E-state index in [1.165, 1.54) is 0 Å². The van der Waals surface area contributed by atoms with Crippen LogP contribution in [-0.4, -0.2) is 41.5 Å². The van der Waals surface area contributed by atoms with Crippen LogP contribution >= 0.6 is 0 Å². The molecule has 1 aliphatic carbocycles. The molecule has 1 aromatic rings. The first-order valence-corrected chi connectivity index (χ1v) is 8.38. The number of amides is 1. The van der Waals surface area contributed by atoms with Crippen LogP contribution in [0, 0.1) is 23.7 Å². The Kier molecular flexibility index (Phi) is 4.55.